The number of carbonyl (C=O) groups is 1. The SMILES string of the molecule is CCOC(=O)c1c(N)c(-c2ccc(O)c(OC)c2)n(C)c1C. The molecule has 1 aromatic carbocycles. The Bertz CT molecular complexity index is 719. The van der Waals surface area contributed by atoms with Crippen LogP contribution in [0, 0.1) is 6.92 Å². The third-order valence-corrected chi connectivity index (χ3v) is 3.66. The van der Waals surface area contributed by atoms with Crippen molar-refractivity contribution in [1.82, 2.24) is 4.57 Å². The number of carbonyl (C=O) groups excluding carboxylic acids is 1. The first-order chi connectivity index (χ1) is 10.4. The number of nitrogen functional groups attached to an aromatic ring is 1. The fraction of sp³-hybridized carbons (Fsp3) is 0.312. The molecule has 6 heteroatoms. The number of nitrogens with zero attached hydrogens (tertiary/aromatic N) is 1. The Morgan fingerprint density at radius 1 is 1.41 bits per heavy atom. The lowest BCUT2D eigenvalue weighted by Crippen LogP contribution is -2.08. The van der Waals surface area contributed by atoms with Crippen LogP contribution in [0.2, 0.25) is 0 Å². The lowest BCUT2D eigenvalue weighted by Gasteiger charge is -2.09. The monoisotopic (exact) mass is 304 g/mol. The molecule has 6 nitrogen and oxygen atoms in total. The van der Waals surface area contributed by atoms with Crippen molar-refractivity contribution in [3.63, 3.8) is 0 Å². The highest BCUT2D eigenvalue weighted by Crippen LogP contribution is 2.37. The van der Waals surface area contributed by atoms with Gasteiger partial charge in [-0.05, 0) is 32.0 Å². The van der Waals surface area contributed by atoms with E-state index in [1.165, 1.54) is 13.2 Å². The molecular weight excluding hydrogens is 284 g/mol. The summed E-state index contributed by atoms with van der Waals surface area (Å²) in [7, 11) is 3.30. The van der Waals surface area contributed by atoms with Gasteiger partial charge < -0.3 is 24.9 Å². The van der Waals surface area contributed by atoms with Crippen molar-refractivity contribution >= 4 is 11.7 Å². The van der Waals surface area contributed by atoms with Crippen molar-refractivity contribution in [2.45, 2.75) is 13.8 Å². The Kier molecular flexibility index (Phi) is 4.30. The predicted molar refractivity (Wildman–Crippen MR) is 84.2 cm³/mol. The molecule has 0 fully saturated rings. The number of phenolic OH excluding ortho intramolecular Hbond substituents is 1. The van der Waals surface area contributed by atoms with E-state index in [4.69, 9.17) is 15.2 Å². The number of hydrogen-bond donors (Lipinski definition) is 2. The number of aromatic nitrogens is 1. The van der Waals surface area contributed by atoms with Crippen LogP contribution >= 0.6 is 0 Å². The van der Waals surface area contributed by atoms with Crippen molar-refractivity contribution in [2.75, 3.05) is 19.5 Å². The van der Waals surface area contributed by atoms with Crippen molar-refractivity contribution < 1.29 is 19.4 Å². The number of benzene rings is 1. The van der Waals surface area contributed by atoms with Crippen LogP contribution in [-0.4, -0.2) is 29.4 Å². The summed E-state index contributed by atoms with van der Waals surface area (Å²) in [5.74, 6) is -0.0556. The van der Waals surface area contributed by atoms with E-state index in [1.807, 2.05) is 18.5 Å². The summed E-state index contributed by atoms with van der Waals surface area (Å²) >= 11 is 0. The lowest BCUT2D eigenvalue weighted by atomic mass is 10.1. The fourth-order valence-electron chi connectivity index (χ4n) is 2.46. The molecule has 0 unspecified atom stereocenters. The Labute approximate surface area is 129 Å². The van der Waals surface area contributed by atoms with Crippen LogP contribution in [0.1, 0.15) is 23.0 Å². The highest BCUT2D eigenvalue weighted by Gasteiger charge is 2.24. The number of phenols is 1. The molecule has 0 spiro atoms. The van der Waals surface area contributed by atoms with Crippen LogP contribution in [-0.2, 0) is 11.8 Å². The van der Waals surface area contributed by atoms with E-state index in [0.29, 0.717) is 22.7 Å². The van der Waals surface area contributed by atoms with E-state index < -0.39 is 5.97 Å². The lowest BCUT2D eigenvalue weighted by molar-refractivity contribution is 0.0526. The van der Waals surface area contributed by atoms with Crippen molar-refractivity contribution in [3.05, 3.63) is 29.5 Å². The fourth-order valence-corrected chi connectivity index (χ4v) is 2.46. The van der Waals surface area contributed by atoms with Gasteiger partial charge in [-0.15, -0.1) is 0 Å². The summed E-state index contributed by atoms with van der Waals surface area (Å²) in [4.78, 5) is 12.1. The minimum Gasteiger partial charge on any atom is -0.504 e. The van der Waals surface area contributed by atoms with E-state index in [2.05, 4.69) is 0 Å². The van der Waals surface area contributed by atoms with Gasteiger partial charge in [0, 0.05) is 18.3 Å². The molecule has 1 aromatic heterocycles. The Morgan fingerprint density at radius 3 is 2.68 bits per heavy atom. The molecule has 118 valence electrons. The number of methoxy groups -OCH3 is 1. The largest absolute Gasteiger partial charge is 0.504 e. The second kappa shape index (κ2) is 6.01. The normalized spacial score (nSPS) is 10.5. The van der Waals surface area contributed by atoms with Crippen LogP contribution in [0.5, 0.6) is 11.5 Å². The molecule has 2 aromatic rings. The molecule has 0 saturated carbocycles. The summed E-state index contributed by atoms with van der Waals surface area (Å²) in [5.41, 5.74) is 9.04. The zero-order valence-electron chi connectivity index (χ0n) is 13.1. The summed E-state index contributed by atoms with van der Waals surface area (Å²) < 4.78 is 12.0. The maximum Gasteiger partial charge on any atom is 0.342 e. The van der Waals surface area contributed by atoms with Crippen molar-refractivity contribution in [2.24, 2.45) is 7.05 Å². The van der Waals surface area contributed by atoms with E-state index >= 15 is 0 Å². The Morgan fingerprint density at radius 2 is 2.09 bits per heavy atom. The number of anilines is 1. The Hall–Kier alpha value is -2.63. The van der Waals surface area contributed by atoms with Gasteiger partial charge in [-0.25, -0.2) is 4.79 Å². The van der Waals surface area contributed by atoms with Gasteiger partial charge in [0.1, 0.15) is 5.56 Å². The summed E-state index contributed by atoms with van der Waals surface area (Å²) in [6.45, 7) is 3.84. The number of ether oxygens (including phenoxy) is 2. The second-order valence-electron chi connectivity index (χ2n) is 4.89. The van der Waals surface area contributed by atoms with Gasteiger partial charge >= 0.3 is 5.97 Å². The van der Waals surface area contributed by atoms with E-state index in [1.54, 1.807) is 19.1 Å². The Balaban J connectivity index is 2.62. The zero-order chi connectivity index (χ0) is 16.4. The van der Waals surface area contributed by atoms with Crippen LogP contribution in [0.25, 0.3) is 11.3 Å². The maximum atomic E-state index is 12.1. The first-order valence-electron chi connectivity index (χ1n) is 6.91. The first-order valence-corrected chi connectivity index (χ1v) is 6.91. The minimum atomic E-state index is -0.440. The number of rotatable bonds is 4. The molecule has 0 aliphatic rings. The molecule has 1 heterocycles. The molecular formula is C16H20N2O4. The molecule has 0 atom stereocenters. The maximum absolute atomic E-state index is 12.1. The highest BCUT2D eigenvalue weighted by molar-refractivity contribution is 6.01. The van der Waals surface area contributed by atoms with E-state index in [0.717, 1.165) is 11.3 Å². The van der Waals surface area contributed by atoms with Crippen LogP contribution in [0.15, 0.2) is 18.2 Å². The van der Waals surface area contributed by atoms with Gasteiger partial charge in [0.05, 0.1) is 25.1 Å². The minimum absolute atomic E-state index is 0.0429. The van der Waals surface area contributed by atoms with Gasteiger partial charge in [-0.2, -0.15) is 0 Å². The highest BCUT2D eigenvalue weighted by atomic mass is 16.5. The third kappa shape index (κ3) is 2.47. The topological polar surface area (TPSA) is 86.7 Å². The van der Waals surface area contributed by atoms with Crippen molar-refractivity contribution in [3.8, 4) is 22.8 Å². The molecule has 2 rings (SSSR count). The molecule has 0 bridgehead atoms. The number of hydrogen-bond acceptors (Lipinski definition) is 5. The molecule has 0 aliphatic carbocycles. The van der Waals surface area contributed by atoms with E-state index in [9.17, 15) is 9.90 Å². The molecule has 0 amide bonds. The van der Waals surface area contributed by atoms with Gasteiger partial charge in [0.25, 0.3) is 0 Å². The summed E-state index contributed by atoms with van der Waals surface area (Å²) in [6.07, 6.45) is 0. The van der Waals surface area contributed by atoms with Crippen LogP contribution in [0.4, 0.5) is 5.69 Å². The zero-order valence-corrected chi connectivity index (χ0v) is 13.1. The smallest absolute Gasteiger partial charge is 0.342 e. The van der Waals surface area contributed by atoms with Crippen LogP contribution < -0.4 is 10.5 Å². The average Bonchev–Trinajstić information content (AvgIpc) is 2.70. The molecule has 0 aliphatic heterocycles. The quantitative estimate of drug-likeness (QED) is 0.847. The van der Waals surface area contributed by atoms with Gasteiger partial charge in [-0.3, -0.25) is 0 Å². The standard InChI is InChI=1S/C16H20N2O4/c1-5-22-16(20)13-9(2)18(3)15(14(13)17)10-6-7-11(19)12(8-10)21-4/h6-8,19H,5,17H2,1-4H3. The third-order valence-electron chi connectivity index (χ3n) is 3.66. The number of esters is 1. The second-order valence-corrected chi connectivity index (χ2v) is 4.89. The summed E-state index contributed by atoms with van der Waals surface area (Å²) in [5, 5.41) is 9.70. The summed E-state index contributed by atoms with van der Waals surface area (Å²) in [6, 6.07) is 4.92. The van der Waals surface area contributed by atoms with Gasteiger partial charge in [0.2, 0.25) is 0 Å². The van der Waals surface area contributed by atoms with Crippen LogP contribution in [0.3, 0.4) is 0 Å². The first kappa shape index (κ1) is 15.8. The predicted octanol–water partition coefficient (Wildman–Crippen LogP) is 2.47. The van der Waals surface area contributed by atoms with E-state index in [-0.39, 0.29) is 12.4 Å². The molecule has 0 saturated heterocycles. The molecule has 22 heavy (non-hydrogen) atoms. The average molecular weight is 304 g/mol. The molecule has 0 radical (unpaired) electrons. The number of nitrogens with two attached hydrogens (primary N) is 1. The molecule has 3 N–H and O–H groups in total. The number of aromatic hydroxyl groups is 1. The van der Waals surface area contributed by atoms with Gasteiger partial charge in [-0.1, -0.05) is 0 Å². The van der Waals surface area contributed by atoms with Gasteiger partial charge in [0.15, 0.2) is 11.5 Å². The van der Waals surface area contributed by atoms with Crippen molar-refractivity contribution in [1.29, 1.82) is 0 Å².